The van der Waals surface area contributed by atoms with Crippen molar-refractivity contribution in [2.75, 3.05) is 18.5 Å². The van der Waals surface area contributed by atoms with Gasteiger partial charge in [0.15, 0.2) is 0 Å². The number of nitrogens with zero attached hydrogens (tertiary/aromatic N) is 3. The molecule has 0 unspecified atom stereocenters. The highest BCUT2D eigenvalue weighted by molar-refractivity contribution is 6.02. The van der Waals surface area contributed by atoms with Crippen LogP contribution in [0.1, 0.15) is 23.3 Å². The van der Waals surface area contributed by atoms with Crippen LogP contribution in [0.15, 0.2) is 29.3 Å². The molecule has 0 radical (unpaired) electrons. The van der Waals surface area contributed by atoms with Crippen LogP contribution in [0.2, 0.25) is 0 Å². The van der Waals surface area contributed by atoms with E-state index < -0.39 is 0 Å². The summed E-state index contributed by atoms with van der Waals surface area (Å²) in [5.41, 5.74) is 0.405. The lowest BCUT2D eigenvalue weighted by molar-refractivity contribution is 0.0601. The van der Waals surface area contributed by atoms with Crippen LogP contribution in [0, 0.1) is 5.92 Å². The fourth-order valence-corrected chi connectivity index (χ4v) is 2.39. The number of carbonyl (C=O) groups is 1. The van der Waals surface area contributed by atoms with E-state index in [1.54, 1.807) is 12.4 Å². The number of aromatic amines is 1. The van der Waals surface area contributed by atoms with Crippen LogP contribution in [0.3, 0.4) is 0 Å². The predicted molar refractivity (Wildman–Crippen MR) is 78.6 cm³/mol. The van der Waals surface area contributed by atoms with Crippen molar-refractivity contribution >= 4 is 11.6 Å². The fourth-order valence-electron chi connectivity index (χ4n) is 2.39. The molecule has 8 nitrogen and oxygen atoms in total. The van der Waals surface area contributed by atoms with Gasteiger partial charge in [0.2, 0.25) is 0 Å². The van der Waals surface area contributed by atoms with Crippen molar-refractivity contribution in [1.82, 2.24) is 20.0 Å². The molecule has 0 saturated carbocycles. The molecule has 2 aromatic heterocycles. The molecule has 1 amide bonds. The summed E-state index contributed by atoms with van der Waals surface area (Å²) in [7, 11) is 0. The molecular weight excluding hydrogens is 286 g/mol. The topological polar surface area (TPSA) is 102 Å². The number of anilines is 1. The van der Waals surface area contributed by atoms with Gasteiger partial charge in [0.25, 0.3) is 11.5 Å². The summed E-state index contributed by atoms with van der Waals surface area (Å²) in [6, 6.07) is 2.64. The number of H-pyrrole nitrogens is 1. The Balaban J connectivity index is 1.60. The van der Waals surface area contributed by atoms with Crippen molar-refractivity contribution < 1.29 is 9.53 Å². The van der Waals surface area contributed by atoms with Crippen LogP contribution in [0.4, 0.5) is 5.69 Å². The van der Waals surface area contributed by atoms with Gasteiger partial charge in [-0.1, -0.05) is 0 Å². The van der Waals surface area contributed by atoms with Gasteiger partial charge in [-0.15, -0.1) is 0 Å². The normalized spacial score (nSPS) is 15.6. The number of carbonyl (C=O) groups excluding carboxylic acids is 1. The van der Waals surface area contributed by atoms with Crippen molar-refractivity contribution in [2.45, 2.75) is 19.4 Å². The summed E-state index contributed by atoms with van der Waals surface area (Å²) < 4.78 is 7.16. The Labute approximate surface area is 126 Å². The summed E-state index contributed by atoms with van der Waals surface area (Å²) >= 11 is 0. The van der Waals surface area contributed by atoms with E-state index in [9.17, 15) is 9.59 Å². The Kier molecular flexibility index (Phi) is 4.29. The van der Waals surface area contributed by atoms with Crippen molar-refractivity contribution in [2.24, 2.45) is 5.92 Å². The lowest BCUT2D eigenvalue weighted by atomic mass is 10.0. The van der Waals surface area contributed by atoms with E-state index in [-0.39, 0.29) is 17.2 Å². The van der Waals surface area contributed by atoms with E-state index >= 15 is 0 Å². The second-order valence-electron chi connectivity index (χ2n) is 5.27. The lowest BCUT2D eigenvalue weighted by Crippen LogP contribution is -2.20. The minimum absolute atomic E-state index is 0.150. The summed E-state index contributed by atoms with van der Waals surface area (Å²) in [4.78, 5) is 22.9. The van der Waals surface area contributed by atoms with Gasteiger partial charge in [-0.05, 0) is 24.8 Å². The first-order valence-electron chi connectivity index (χ1n) is 7.18. The first-order chi connectivity index (χ1) is 10.7. The van der Waals surface area contributed by atoms with Crippen LogP contribution in [-0.4, -0.2) is 39.1 Å². The Bertz CT molecular complexity index is 682. The average Bonchev–Trinajstić information content (AvgIpc) is 2.96. The zero-order valence-corrected chi connectivity index (χ0v) is 12.0. The van der Waals surface area contributed by atoms with E-state index in [1.807, 2.05) is 4.68 Å². The predicted octanol–water partition coefficient (Wildman–Crippen LogP) is 0.645. The van der Waals surface area contributed by atoms with E-state index in [0.29, 0.717) is 11.6 Å². The van der Waals surface area contributed by atoms with Crippen LogP contribution in [0.5, 0.6) is 0 Å². The van der Waals surface area contributed by atoms with Gasteiger partial charge in [0.1, 0.15) is 5.69 Å². The maximum atomic E-state index is 12.0. The van der Waals surface area contributed by atoms with Crippen molar-refractivity contribution in [1.29, 1.82) is 0 Å². The quantitative estimate of drug-likeness (QED) is 0.863. The molecule has 2 N–H and O–H groups in total. The summed E-state index contributed by atoms with van der Waals surface area (Å²) in [6.45, 7) is 2.41. The standard InChI is InChI=1S/C14H17N5O3/c20-13-2-1-12(17-18-13)14(21)16-11-7-15-19(9-11)8-10-3-5-22-6-4-10/h1-2,7,9-10H,3-6,8H2,(H,16,21)(H,18,20). The molecule has 22 heavy (non-hydrogen) atoms. The van der Waals surface area contributed by atoms with E-state index in [2.05, 4.69) is 20.6 Å². The number of amides is 1. The molecular formula is C14H17N5O3. The van der Waals surface area contributed by atoms with Gasteiger partial charge < -0.3 is 10.1 Å². The average molecular weight is 303 g/mol. The largest absolute Gasteiger partial charge is 0.381 e. The third-order valence-electron chi connectivity index (χ3n) is 3.59. The SMILES string of the molecule is O=C(Nc1cnn(CC2CCOCC2)c1)c1ccc(=O)[nH]n1. The number of nitrogens with one attached hydrogen (secondary N) is 2. The zero-order valence-electron chi connectivity index (χ0n) is 12.0. The van der Waals surface area contributed by atoms with Gasteiger partial charge in [-0.3, -0.25) is 14.3 Å². The minimum Gasteiger partial charge on any atom is -0.381 e. The van der Waals surface area contributed by atoms with E-state index in [1.165, 1.54) is 12.1 Å². The first-order valence-corrected chi connectivity index (χ1v) is 7.18. The Morgan fingerprint density at radius 1 is 1.41 bits per heavy atom. The third-order valence-corrected chi connectivity index (χ3v) is 3.59. The highest BCUT2D eigenvalue weighted by Crippen LogP contribution is 2.17. The molecule has 0 bridgehead atoms. The molecule has 8 heteroatoms. The van der Waals surface area contributed by atoms with Gasteiger partial charge in [-0.25, -0.2) is 5.10 Å². The fraction of sp³-hybridized carbons (Fsp3) is 0.429. The van der Waals surface area contributed by atoms with Crippen LogP contribution in [0.25, 0.3) is 0 Å². The number of hydrogen-bond donors (Lipinski definition) is 2. The summed E-state index contributed by atoms with van der Waals surface area (Å²) in [6.07, 6.45) is 5.45. The van der Waals surface area contributed by atoms with E-state index in [4.69, 9.17) is 4.74 Å². The van der Waals surface area contributed by atoms with Gasteiger partial charge in [0, 0.05) is 32.0 Å². The monoisotopic (exact) mass is 303 g/mol. The molecule has 1 saturated heterocycles. The van der Waals surface area contributed by atoms with Gasteiger partial charge in [-0.2, -0.15) is 10.2 Å². The Hall–Kier alpha value is -2.48. The van der Waals surface area contributed by atoms with Crippen molar-refractivity contribution in [3.8, 4) is 0 Å². The first kappa shape index (κ1) is 14.5. The molecule has 1 fully saturated rings. The molecule has 0 aromatic carbocycles. The number of rotatable bonds is 4. The molecule has 1 aliphatic heterocycles. The lowest BCUT2D eigenvalue weighted by Gasteiger charge is -2.21. The van der Waals surface area contributed by atoms with Crippen molar-refractivity contribution in [3.63, 3.8) is 0 Å². The second kappa shape index (κ2) is 6.52. The van der Waals surface area contributed by atoms with E-state index in [0.717, 1.165) is 32.6 Å². The summed E-state index contributed by atoms with van der Waals surface area (Å²) in [5.74, 6) is 0.167. The molecule has 2 aromatic rings. The number of hydrogen-bond acceptors (Lipinski definition) is 5. The van der Waals surface area contributed by atoms with Gasteiger partial charge >= 0.3 is 0 Å². The maximum absolute atomic E-state index is 12.0. The third kappa shape index (κ3) is 3.59. The second-order valence-corrected chi connectivity index (χ2v) is 5.27. The Morgan fingerprint density at radius 3 is 2.95 bits per heavy atom. The van der Waals surface area contributed by atoms with Crippen molar-refractivity contribution in [3.05, 3.63) is 40.6 Å². The van der Waals surface area contributed by atoms with Gasteiger partial charge in [0.05, 0.1) is 11.9 Å². The molecule has 116 valence electrons. The molecule has 3 rings (SSSR count). The number of ether oxygens (including phenoxy) is 1. The number of aromatic nitrogens is 4. The van der Waals surface area contributed by atoms with Crippen LogP contribution in [-0.2, 0) is 11.3 Å². The molecule has 3 heterocycles. The molecule has 0 aliphatic carbocycles. The summed E-state index contributed by atoms with van der Waals surface area (Å²) in [5, 5.41) is 12.9. The smallest absolute Gasteiger partial charge is 0.276 e. The van der Waals surface area contributed by atoms with Crippen LogP contribution >= 0.6 is 0 Å². The van der Waals surface area contributed by atoms with Crippen LogP contribution < -0.4 is 10.9 Å². The molecule has 0 spiro atoms. The highest BCUT2D eigenvalue weighted by atomic mass is 16.5. The minimum atomic E-state index is -0.387. The molecule has 1 aliphatic rings. The zero-order chi connectivity index (χ0) is 15.4. The maximum Gasteiger partial charge on any atom is 0.276 e. The highest BCUT2D eigenvalue weighted by Gasteiger charge is 2.15. The Morgan fingerprint density at radius 2 is 2.23 bits per heavy atom. The molecule has 0 atom stereocenters.